The van der Waals surface area contributed by atoms with Crippen molar-refractivity contribution in [3.8, 4) is 11.3 Å². The van der Waals surface area contributed by atoms with Crippen LogP contribution < -0.4 is 0 Å². The fourth-order valence-corrected chi connectivity index (χ4v) is 1.85. The summed E-state index contributed by atoms with van der Waals surface area (Å²) in [5, 5.41) is 12.1. The molecule has 1 N–H and O–H groups in total. The average Bonchev–Trinajstić information content (AvgIpc) is 2.81. The Balaban J connectivity index is 2.56. The van der Waals surface area contributed by atoms with Crippen LogP contribution in [0.15, 0.2) is 22.7 Å². The number of hydrogen-bond donors (Lipinski definition) is 1. The Morgan fingerprint density at radius 3 is 2.63 bits per heavy atom. The van der Waals surface area contributed by atoms with E-state index in [4.69, 9.17) is 21.2 Å². The molecular weight excluding hydrogens is 273 g/mol. The van der Waals surface area contributed by atoms with Crippen LogP contribution in [0.3, 0.4) is 0 Å². The fourth-order valence-electron chi connectivity index (χ4n) is 1.63. The highest BCUT2D eigenvalue weighted by Crippen LogP contribution is 2.32. The highest BCUT2D eigenvalue weighted by atomic mass is 35.5. The highest BCUT2D eigenvalue weighted by Gasteiger charge is 2.18. The number of carbonyl (C=O) groups is 1. The van der Waals surface area contributed by atoms with Gasteiger partial charge in [-0.2, -0.15) is 0 Å². The van der Waals surface area contributed by atoms with Crippen LogP contribution in [-0.4, -0.2) is 16.2 Å². The maximum Gasteiger partial charge on any atom is 0.358 e. The van der Waals surface area contributed by atoms with E-state index in [2.05, 4.69) is 5.16 Å². The monoisotopic (exact) mass is 283 g/mol. The number of aromatic nitrogens is 1. The Bertz CT molecular complexity index is 637. The van der Waals surface area contributed by atoms with Gasteiger partial charge in [0.15, 0.2) is 17.3 Å². The lowest BCUT2D eigenvalue weighted by Gasteiger charge is -2.09. The van der Waals surface area contributed by atoms with Crippen LogP contribution in [0.2, 0.25) is 5.02 Å². The van der Waals surface area contributed by atoms with E-state index in [1.54, 1.807) is 12.1 Å². The zero-order valence-electron chi connectivity index (χ0n) is 10.3. The van der Waals surface area contributed by atoms with Gasteiger partial charge in [-0.15, -0.1) is 0 Å². The number of aromatic carboxylic acids is 1. The number of nitrogens with zero attached hydrogens (tertiary/aromatic N) is 1. The van der Waals surface area contributed by atoms with Gasteiger partial charge in [-0.05, 0) is 23.6 Å². The summed E-state index contributed by atoms with van der Waals surface area (Å²) in [7, 11) is 0. The van der Waals surface area contributed by atoms with E-state index in [-0.39, 0.29) is 28.0 Å². The summed E-state index contributed by atoms with van der Waals surface area (Å²) < 4.78 is 18.8. The lowest BCUT2D eigenvalue weighted by Crippen LogP contribution is -1.95. The van der Waals surface area contributed by atoms with E-state index in [0.29, 0.717) is 0 Å². The Kier molecular flexibility index (Phi) is 3.57. The average molecular weight is 284 g/mol. The molecule has 1 heterocycles. The Morgan fingerprint density at radius 2 is 2.11 bits per heavy atom. The second kappa shape index (κ2) is 5.01. The standard InChI is InChI=1S/C13H11ClFNO3/c1-6(2)7-3-8(12(15)9(14)4-7)11-5-10(13(17)18)16-19-11/h3-6H,1-2H3,(H,17,18). The summed E-state index contributed by atoms with van der Waals surface area (Å²) in [6.07, 6.45) is 0. The van der Waals surface area contributed by atoms with Crippen molar-refractivity contribution in [3.05, 3.63) is 40.3 Å². The predicted octanol–water partition coefficient (Wildman–Crippen LogP) is 3.96. The van der Waals surface area contributed by atoms with Gasteiger partial charge in [0.1, 0.15) is 0 Å². The minimum atomic E-state index is -1.23. The zero-order chi connectivity index (χ0) is 14.2. The molecule has 0 spiro atoms. The number of benzene rings is 1. The van der Waals surface area contributed by atoms with Crippen molar-refractivity contribution in [2.75, 3.05) is 0 Å². The molecule has 0 atom stereocenters. The molecule has 1 aromatic heterocycles. The third kappa shape index (κ3) is 2.61. The highest BCUT2D eigenvalue weighted by molar-refractivity contribution is 6.31. The second-order valence-electron chi connectivity index (χ2n) is 4.40. The fraction of sp³-hybridized carbons (Fsp3) is 0.231. The van der Waals surface area contributed by atoms with E-state index in [1.165, 1.54) is 6.07 Å². The smallest absolute Gasteiger partial charge is 0.358 e. The molecule has 0 aliphatic heterocycles. The van der Waals surface area contributed by atoms with E-state index in [1.807, 2.05) is 13.8 Å². The van der Waals surface area contributed by atoms with Crippen LogP contribution in [0, 0.1) is 5.82 Å². The van der Waals surface area contributed by atoms with Crippen molar-refractivity contribution < 1.29 is 18.8 Å². The third-order valence-corrected chi connectivity index (χ3v) is 2.99. The predicted molar refractivity (Wildman–Crippen MR) is 68.0 cm³/mol. The van der Waals surface area contributed by atoms with E-state index < -0.39 is 11.8 Å². The van der Waals surface area contributed by atoms with Crippen molar-refractivity contribution >= 4 is 17.6 Å². The second-order valence-corrected chi connectivity index (χ2v) is 4.81. The molecule has 0 aliphatic rings. The third-order valence-electron chi connectivity index (χ3n) is 2.71. The lowest BCUT2D eigenvalue weighted by molar-refractivity contribution is 0.0686. The van der Waals surface area contributed by atoms with Crippen LogP contribution in [-0.2, 0) is 0 Å². The minimum Gasteiger partial charge on any atom is -0.476 e. The largest absolute Gasteiger partial charge is 0.476 e. The van der Waals surface area contributed by atoms with Gasteiger partial charge in [-0.1, -0.05) is 30.6 Å². The molecule has 0 unspecified atom stereocenters. The molecular formula is C13H11ClFNO3. The first-order valence-electron chi connectivity index (χ1n) is 5.59. The summed E-state index contributed by atoms with van der Waals surface area (Å²) in [4.78, 5) is 10.7. The molecule has 2 aromatic rings. The Morgan fingerprint density at radius 1 is 1.42 bits per heavy atom. The number of hydrogen-bond acceptors (Lipinski definition) is 3. The van der Waals surface area contributed by atoms with Crippen LogP contribution >= 0.6 is 11.6 Å². The number of carboxylic acid groups (broad SMARTS) is 1. The molecule has 0 amide bonds. The van der Waals surface area contributed by atoms with Crippen LogP contribution in [0.25, 0.3) is 11.3 Å². The van der Waals surface area contributed by atoms with E-state index in [9.17, 15) is 9.18 Å². The van der Waals surface area contributed by atoms with E-state index in [0.717, 1.165) is 5.56 Å². The molecule has 0 aliphatic carbocycles. The number of halogens is 2. The zero-order valence-corrected chi connectivity index (χ0v) is 11.0. The molecule has 0 saturated carbocycles. The lowest BCUT2D eigenvalue weighted by atomic mass is 9.99. The molecule has 4 nitrogen and oxygen atoms in total. The quantitative estimate of drug-likeness (QED) is 0.926. The van der Waals surface area contributed by atoms with Gasteiger partial charge in [-0.3, -0.25) is 0 Å². The van der Waals surface area contributed by atoms with Crippen LogP contribution in [0.1, 0.15) is 35.8 Å². The van der Waals surface area contributed by atoms with Crippen molar-refractivity contribution in [2.45, 2.75) is 19.8 Å². The molecule has 6 heteroatoms. The maximum atomic E-state index is 14.0. The minimum absolute atomic E-state index is 0.0329. The Labute approximate surface area is 113 Å². The topological polar surface area (TPSA) is 63.3 Å². The van der Waals surface area contributed by atoms with Crippen molar-refractivity contribution in [1.82, 2.24) is 5.16 Å². The van der Waals surface area contributed by atoms with E-state index >= 15 is 0 Å². The molecule has 0 saturated heterocycles. The molecule has 1 aromatic carbocycles. The first-order valence-corrected chi connectivity index (χ1v) is 5.97. The SMILES string of the molecule is CC(C)c1cc(Cl)c(F)c(-c2cc(C(=O)O)no2)c1. The van der Waals surface area contributed by atoms with Gasteiger partial charge >= 0.3 is 5.97 Å². The number of rotatable bonds is 3. The van der Waals surface area contributed by atoms with Crippen LogP contribution in [0.5, 0.6) is 0 Å². The summed E-state index contributed by atoms with van der Waals surface area (Å²) in [6.45, 7) is 3.88. The summed E-state index contributed by atoms with van der Waals surface area (Å²) >= 11 is 5.83. The molecule has 2 rings (SSSR count). The summed E-state index contributed by atoms with van der Waals surface area (Å²) in [6, 6.07) is 4.29. The molecule has 0 radical (unpaired) electrons. The van der Waals surface area contributed by atoms with Crippen molar-refractivity contribution in [3.63, 3.8) is 0 Å². The molecule has 0 bridgehead atoms. The van der Waals surface area contributed by atoms with Crippen LogP contribution in [0.4, 0.5) is 4.39 Å². The summed E-state index contributed by atoms with van der Waals surface area (Å²) in [5.41, 5.74) is 0.659. The van der Waals surface area contributed by atoms with Crippen molar-refractivity contribution in [2.24, 2.45) is 0 Å². The van der Waals surface area contributed by atoms with Gasteiger partial charge < -0.3 is 9.63 Å². The first kappa shape index (κ1) is 13.5. The molecule has 0 fully saturated rings. The van der Waals surface area contributed by atoms with Gasteiger partial charge in [-0.25, -0.2) is 9.18 Å². The van der Waals surface area contributed by atoms with Gasteiger partial charge in [0.05, 0.1) is 10.6 Å². The van der Waals surface area contributed by atoms with Crippen molar-refractivity contribution in [1.29, 1.82) is 0 Å². The first-order chi connectivity index (χ1) is 8.90. The van der Waals surface area contributed by atoms with Gasteiger partial charge in [0, 0.05) is 6.07 Å². The number of carboxylic acids is 1. The normalized spacial score (nSPS) is 11.0. The Hall–Kier alpha value is -1.88. The summed E-state index contributed by atoms with van der Waals surface area (Å²) in [5.74, 6) is -1.70. The molecule has 19 heavy (non-hydrogen) atoms. The van der Waals surface area contributed by atoms with Gasteiger partial charge in [0.2, 0.25) is 0 Å². The van der Waals surface area contributed by atoms with Gasteiger partial charge in [0.25, 0.3) is 0 Å². The molecule has 100 valence electrons. The maximum absolute atomic E-state index is 14.0.